The molecule has 3 N–H and O–H groups in total. The van der Waals surface area contributed by atoms with Crippen LogP contribution in [0.2, 0.25) is 0 Å². The van der Waals surface area contributed by atoms with Gasteiger partial charge in [-0.1, -0.05) is 5.21 Å². The molecule has 1 aromatic heterocycles. The van der Waals surface area contributed by atoms with Crippen LogP contribution < -0.4 is 5.73 Å². The summed E-state index contributed by atoms with van der Waals surface area (Å²) in [5.74, 6) is -0.894. The van der Waals surface area contributed by atoms with Crippen LogP contribution in [0.5, 0.6) is 0 Å². The van der Waals surface area contributed by atoms with Crippen molar-refractivity contribution in [1.29, 1.82) is 0 Å². The summed E-state index contributed by atoms with van der Waals surface area (Å²) in [7, 11) is 1.96. The number of aromatic nitrogens is 3. The van der Waals surface area contributed by atoms with Gasteiger partial charge in [0.15, 0.2) is 5.69 Å². The molecule has 9 nitrogen and oxygen atoms in total. The molecule has 0 aromatic carbocycles. The minimum atomic E-state index is -0.748. The van der Waals surface area contributed by atoms with Gasteiger partial charge in [0.1, 0.15) is 0 Å². The lowest BCUT2D eigenvalue weighted by Crippen LogP contribution is -2.63. The molecule has 170 valence electrons. The van der Waals surface area contributed by atoms with Crippen molar-refractivity contribution < 1.29 is 14.7 Å². The second-order valence-electron chi connectivity index (χ2n) is 8.71. The van der Waals surface area contributed by atoms with Gasteiger partial charge in [-0.3, -0.25) is 9.59 Å². The Morgan fingerprint density at radius 2 is 1.87 bits per heavy atom. The highest BCUT2D eigenvalue weighted by molar-refractivity contribution is 5.92. The van der Waals surface area contributed by atoms with Gasteiger partial charge in [-0.25, -0.2) is 4.68 Å². The van der Waals surface area contributed by atoms with Crippen LogP contribution in [0.1, 0.15) is 61.5 Å². The summed E-state index contributed by atoms with van der Waals surface area (Å²) in [5, 5.41) is 18.2. The van der Waals surface area contributed by atoms with Gasteiger partial charge in [0.25, 0.3) is 5.91 Å². The molecule has 1 amide bonds. The van der Waals surface area contributed by atoms with Crippen LogP contribution in [0.15, 0.2) is 6.20 Å². The minimum absolute atomic E-state index is 0. The number of carbonyl (C=O) groups excluding carboxylic acids is 1. The Kier molecular flexibility index (Phi) is 8.12. The molecule has 3 fully saturated rings. The van der Waals surface area contributed by atoms with E-state index in [1.54, 1.807) is 15.8 Å². The molecule has 0 unspecified atom stereocenters. The summed E-state index contributed by atoms with van der Waals surface area (Å²) >= 11 is 0. The number of rotatable bonds is 3. The minimum Gasteiger partial charge on any atom is -0.481 e. The van der Waals surface area contributed by atoms with E-state index in [-0.39, 0.29) is 48.8 Å². The number of nitrogens with two attached hydrogens (primary N) is 1. The van der Waals surface area contributed by atoms with E-state index in [9.17, 15) is 14.7 Å². The Morgan fingerprint density at radius 1 is 1.17 bits per heavy atom. The maximum atomic E-state index is 13.0. The molecule has 3 heterocycles. The van der Waals surface area contributed by atoms with Crippen molar-refractivity contribution in [3.05, 3.63) is 11.9 Å². The summed E-state index contributed by atoms with van der Waals surface area (Å²) in [6.07, 6.45) is 7.62. The summed E-state index contributed by atoms with van der Waals surface area (Å²) in [5.41, 5.74) is 5.57. The zero-order valence-electron chi connectivity index (χ0n) is 17.3. The molecule has 2 aliphatic heterocycles. The van der Waals surface area contributed by atoms with Gasteiger partial charge in [-0.05, 0) is 58.5 Å². The predicted molar refractivity (Wildman–Crippen MR) is 116 cm³/mol. The topological polar surface area (TPSA) is 118 Å². The molecule has 30 heavy (non-hydrogen) atoms. The largest absolute Gasteiger partial charge is 0.481 e. The number of carboxylic acid groups (broad SMARTS) is 1. The lowest BCUT2D eigenvalue weighted by atomic mass is 9.68. The highest BCUT2D eigenvalue weighted by Gasteiger charge is 2.53. The standard InChI is InChI=1S/C19H30N6O3.2ClH/c1-23-9-2-7-19(18(27)28)8-10-24(12-16(19)23)17(26)15-11-25(22-21-15)14-5-3-13(20)4-6-14;;/h11,13-14,16H,2-10,12,20H2,1H3,(H,27,28);2*1H/t13?,14?,16-,19+;;/m1../s1. The smallest absolute Gasteiger partial charge is 0.311 e. The van der Waals surface area contributed by atoms with Crippen LogP contribution in [0, 0.1) is 5.41 Å². The molecule has 3 aliphatic rings. The molecule has 0 bridgehead atoms. The second kappa shape index (κ2) is 9.80. The van der Waals surface area contributed by atoms with Crippen LogP contribution >= 0.6 is 24.8 Å². The van der Waals surface area contributed by atoms with Gasteiger partial charge in [0.05, 0.1) is 17.7 Å². The van der Waals surface area contributed by atoms with Crippen LogP contribution in [0.25, 0.3) is 0 Å². The highest BCUT2D eigenvalue weighted by Crippen LogP contribution is 2.42. The molecular weight excluding hydrogens is 431 g/mol. The number of hydrogen-bond donors (Lipinski definition) is 2. The predicted octanol–water partition coefficient (Wildman–Crippen LogP) is 1.58. The number of carboxylic acids is 1. The number of likely N-dealkylation sites (tertiary alicyclic amines) is 2. The summed E-state index contributed by atoms with van der Waals surface area (Å²) in [6.45, 7) is 1.73. The number of amides is 1. The van der Waals surface area contributed by atoms with Gasteiger partial charge in [0, 0.05) is 25.2 Å². The summed E-state index contributed by atoms with van der Waals surface area (Å²) in [6, 6.07) is 0.349. The third-order valence-electron chi connectivity index (χ3n) is 7.08. The van der Waals surface area contributed by atoms with E-state index in [0.717, 1.165) is 38.6 Å². The first-order chi connectivity index (χ1) is 13.4. The van der Waals surface area contributed by atoms with E-state index in [1.165, 1.54) is 0 Å². The van der Waals surface area contributed by atoms with E-state index < -0.39 is 11.4 Å². The Labute approximate surface area is 189 Å². The molecular formula is C19H32Cl2N6O3. The number of hydrogen-bond acceptors (Lipinski definition) is 6. The quantitative estimate of drug-likeness (QED) is 0.699. The maximum Gasteiger partial charge on any atom is 0.311 e. The third-order valence-corrected chi connectivity index (χ3v) is 7.08. The Morgan fingerprint density at radius 3 is 2.53 bits per heavy atom. The average molecular weight is 463 g/mol. The van der Waals surface area contributed by atoms with Gasteiger partial charge in [-0.2, -0.15) is 0 Å². The zero-order valence-corrected chi connectivity index (χ0v) is 18.9. The van der Waals surface area contributed by atoms with Crippen LogP contribution in [-0.4, -0.2) is 80.5 Å². The first-order valence-electron chi connectivity index (χ1n) is 10.3. The van der Waals surface area contributed by atoms with E-state index in [0.29, 0.717) is 31.6 Å². The van der Waals surface area contributed by atoms with Gasteiger partial charge >= 0.3 is 5.97 Å². The molecule has 0 spiro atoms. The molecule has 2 saturated heterocycles. The fourth-order valence-corrected chi connectivity index (χ4v) is 5.25. The molecule has 1 saturated carbocycles. The monoisotopic (exact) mass is 462 g/mol. The van der Waals surface area contributed by atoms with Gasteiger partial charge < -0.3 is 20.6 Å². The number of carbonyl (C=O) groups is 2. The second-order valence-corrected chi connectivity index (χ2v) is 8.71. The highest BCUT2D eigenvalue weighted by atomic mass is 35.5. The van der Waals surface area contributed by atoms with Crippen molar-refractivity contribution in [2.24, 2.45) is 11.1 Å². The summed E-state index contributed by atoms with van der Waals surface area (Å²) in [4.78, 5) is 28.9. The van der Waals surface area contributed by atoms with Crippen molar-refractivity contribution >= 4 is 36.7 Å². The molecule has 2 atom stereocenters. The fraction of sp³-hybridized carbons (Fsp3) is 0.789. The van der Waals surface area contributed by atoms with Crippen molar-refractivity contribution in [3.8, 4) is 0 Å². The molecule has 4 rings (SSSR count). The Balaban J connectivity index is 0.00000160. The van der Waals surface area contributed by atoms with Gasteiger partial charge in [-0.15, -0.1) is 29.9 Å². The van der Waals surface area contributed by atoms with Crippen LogP contribution in [0.4, 0.5) is 0 Å². The van der Waals surface area contributed by atoms with Crippen molar-refractivity contribution in [1.82, 2.24) is 24.8 Å². The Hall–Kier alpha value is -1.42. The first-order valence-corrected chi connectivity index (χ1v) is 10.3. The Bertz CT molecular complexity index is 754. The number of fused-ring (bicyclic) bond motifs is 1. The molecule has 11 heteroatoms. The fourth-order valence-electron chi connectivity index (χ4n) is 5.25. The normalized spacial score (nSPS) is 31.8. The van der Waals surface area contributed by atoms with E-state index >= 15 is 0 Å². The van der Waals surface area contributed by atoms with E-state index in [4.69, 9.17) is 5.73 Å². The van der Waals surface area contributed by atoms with Crippen LogP contribution in [0.3, 0.4) is 0 Å². The third kappa shape index (κ3) is 4.44. The van der Waals surface area contributed by atoms with Gasteiger partial charge in [0.2, 0.25) is 0 Å². The van der Waals surface area contributed by atoms with Crippen molar-refractivity contribution in [2.45, 2.75) is 63.1 Å². The average Bonchev–Trinajstić information content (AvgIpc) is 3.18. The number of nitrogens with zero attached hydrogens (tertiary/aromatic N) is 5. The molecule has 0 radical (unpaired) electrons. The van der Waals surface area contributed by atoms with E-state index in [1.807, 2.05) is 7.05 Å². The SMILES string of the molecule is CN1CCC[C@]2(C(=O)O)CCN(C(=O)c3cn(C4CCC(N)CC4)nn3)C[C@@H]12.Cl.Cl. The number of piperidine rings is 2. The number of likely N-dealkylation sites (N-methyl/N-ethyl adjacent to an activating group) is 1. The first kappa shape index (κ1) is 24.8. The van der Waals surface area contributed by atoms with Crippen molar-refractivity contribution in [3.63, 3.8) is 0 Å². The number of halogens is 2. The maximum absolute atomic E-state index is 13.0. The van der Waals surface area contributed by atoms with E-state index in [2.05, 4.69) is 15.2 Å². The zero-order chi connectivity index (χ0) is 19.9. The van der Waals surface area contributed by atoms with Crippen molar-refractivity contribution in [2.75, 3.05) is 26.7 Å². The lowest BCUT2D eigenvalue weighted by molar-refractivity contribution is -0.161. The number of aliphatic carboxylic acids is 1. The lowest BCUT2D eigenvalue weighted by Gasteiger charge is -2.51. The van der Waals surface area contributed by atoms with Crippen LogP contribution in [-0.2, 0) is 4.79 Å². The molecule has 1 aliphatic carbocycles. The summed E-state index contributed by atoms with van der Waals surface area (Å²) < 4.78 is 1.80. The molecule has 1 aromatic rings.